The first-order valence-electron chi connectivity index (χ1n) is 2.82. The Morgan fingerprint density at radius 3 is 2.25 bits per heavy atom. The zero-order valence-electron chi connectivity index (χ0n) is 5.73. The molecule has 0 heterocycles. The Kier molecular flexibility index (Phi) is 3.41. The van der Waals surface area contributed by atoms with Gasteiger partial charge in [-0.05, 0) is 11.5 Å². The second-order valence-corrected chi connectivity index (χ2v) is 2.12. The SMILES string of the molecule is [B]/C(=C/C(C)C)NC. The molecule has 0 bridgehead atoms. The summed E-state index contributed by atoms with van der Waals surface area (Å²) in [7, 11) is 7.24. The molecule has 1 nitrogen and oxygen atoms in total. The van der Waals surface area contributed by atoms with Crippen molar-refractivity contribution in [2.24, 2.45) is 5.92 Å². The Bertz CT molecular complexity index is 86.5. The highest BCUT2D eigenvalue weighted by molar-refractivity contribution is 6.21. The molecule has 0 aromatic carbocycles. The van der Waals surface area contributed by atoms with Gasteiger partial charge in [-0.2, -0.15) is 0 Å². The topological polar surface area (TPSA) is 12.0 Å². The molecule has 0 fully saturated rings. The summed E-state index contributed by atoms with van der Waals surface area (Å²) in [4.78, 5) is 0. The van der Waals surface area contributed by atoms with Crippen LogP contribution in [0.3, 0.4) is 0 Å². The molecule has 0 spiro atoms. The number of nitrogens with one attached hydrogen (secondary N) is 1. The van der Waals surface area contributed by atoms with Gasteiger partial charge in [0, 0.05) is 7.05 Å². The normalized spacial score (nSPS) is 12.2. The first kappa shape index (κ1) is 7.60. The minimum Gasteiger partial charge on any atom is -0.401 e. The Hall–Kier alpha value is -0.395. The molecule has 1 N–H and O–H groups in total. The highest BCUT2D eigenvalue weighted by Gasteiger charge is 1.85. The maximum atomic E-state index is 5.42. The van der Waals surface area contributed by atoms with Crippen LogP contribution < -0.4 is 5.32 Å². The number of hydrogen-bond donors (Lipinski definition) is 1. The van der Waals surface area contributed by atoms with Crippen LogP contribution in [0.15, 0.2) is 11.7 Å². The number of allylic oxidation sites excluding steroid dienone is 1. The minimum atomic E-state index is 0.530. The summed E-state index contributed by atoms with van der Waals surface area (Å²) in [6.07, 6.45) is 1.97. The van der Waals surface area contributed by atoms with Crippen LogP contribution in [-0.4, -0.2) is 14.9 Å². The quantitative estimate of drug-likeness (QED) is 0.519. The van der Waals surface area contributed by atoms with Gasteiger partial charge in [-0.1, -0.05) is 19.9 Å². The average molecular weight is 109 g/mol. The van der Waals surface area contributed by atoms with E-state index in [0.29, 0.717) is 5.92 Å². The molecule has 0 amide bonds. The van der Waals surface area contributed by atoms with Gasteiger partial charge >= 0.3 is 0 Å². The zero-order valence-corrected chi connectivity index (χ0v) is 5.73. The summed E-state index contributed by atoms with van der Waals surface area (Å²) in [5, 5.41) is 2.84. The van der Waals surface area contributed by atoms with E-state index >= 15 is 0 Å². The van der Waals surface area contributed by atoms with Crippen molar-refractivity contribution < 1.29 is 0 Å². The van der Waals surface area contributed by atoms with Gasteiger partial charge in [-0.25, -0.2) is 0 Å². The van der Waals surface area contributed by atoms with Gasteiger partial charge in [0.15, 0.2) is 0 Å². The van der Waals surface area contributed by atoms with Crippen molar-refractivity contribution >= 4 is 7.85 Å². The lowest BCUT2D eigenvalue weighted by molar-refractivity contribution is 0.817. The zero-order chi connectivity index (χ0) is 6.57. The van der Waals surface area contributed by atoms with Crippen LogP contribution in [0.1, 0.15) is 13.8 Å². The second-order valence-electron chi connectivity index (χ2n) is 2.12. The summed E-state index contributed by atoms with van der Waals surface area (Å²) in [5.41, 5.74) is 0.750. The van der Waals surface area contributed by atoms with Gasteiger partial charge in [0.05, 0.1) is 0 Å². The first-order valence-corrected chi connectivity index (χ1v) is 2.82. The molecule has 0 aliphatic heterocycles. The van der Waals surface area contributed by atoms with E-state index in [9.17, 15) is 0 Å². The number of rotatable bonds is 2. The van der Waals surface area contributed by atoms with Crippen LogP contribution in [0.25, 0.3) is 0 Å². The molecule has 0 aromatic rings. The molecule has 0 atom stereocenters. The van der Waals surface area contributed by atoms with E-state index in [1.165, 1.54) is 0 Å². The smallest absolute Gasteiger partial charge is 0.137 e. The molecule has 2 heteroatoms. The molecular formula is C6H12BN. The van der Waals surface area contributed by atoms with Gasteiger partial charge in [0.1, 0.15) is 7.85 Å². The van der Waals surface area contributed by atoms with Crippen LogP contribution >= 0.6 is 0 Å². The molecule has 0 aliphatic carbocycles. The minimum absolute atomic E-state index is 0.530. The van der Waals surface area contributed by atoms with Crippen LogP contribution in [0, 0.1) is 5.92 Å². The summed E-state index contributed by atoms with van der Waals surface area (Å²) in [5.74, 6) is 0.530. The molecular weight excluding hydrogens is 96.9 g/mol. The molecule has 2 radical (unpaired) electrons. The van der Waals surface area contributed by atoms with Gasteiger partial charge in [-0.15, -0.1) is 0 Å². The summed E-state index contributed by atoms with van der Waals surface area (Å²) < 4.78 is 0. The maximum absolute atomic E-state index is 5.42. The standard InChI is InChI=1S/C6H12BN/c1-5(2)4-6(7)8-3/h4-5,8H,1-3H3/b6-4-. The Morgan fingerprint density at radius 2 is 2.12 bits per heavy atom. The number of hydrogen-bond acceptors (Lipinski definition) is 1. The lowest BCUT2D eigenvalue weighted by Gasteiger charge is -2.00. The Balaban J connectivity index is 3.56. The predicted octanol–water partition coefficient (Wildman–Crippen LogP) is 0.872. The molecule has 44 valence electrons. The van der Waals surface area contributed by atoms with Crippen molar-refractivity contribution in [3.05, 3.63) is 11.7 Å². The van der Waals surface area contributed by atoms with Crippen molar-refractivity contribution in [2.45, 2.75) is 13.8 Å². The highest BCUT2D eigenvalue weighted by Crippen LogP contribution is 1.94. The van der Waals surface area contributed by atoms with E-state index < -0.39 is 0 Å². The van der Waals surface area contributed by atoms with E-state index in [1.54, 1.807) is 0 Å². The van der Waals surface area contributed by atoms with E-state index in [4.69, 9.17) is 7.85 Å². The third-order valence-electron chi connectivity index (χ3n) is 0.802. The summed E-state index contributed by atoms with van der Waals surface area (Å²) >= 11 is 0. The monoisotopic (exact) mass is 109 g/mol. The van der Waals surface area contributed by atoms with E-state index in [-0.39, 0.29) is 0 Å². The molecule has 0 rings (SSSR count). The van der Waals surface area contributed by atoms with E-state index in [1.807, 2.05) is 13.1 Å². The van der Waals surface area contributed by atoms with Gasteiger partial charge in [-0.3, -0.25) is 0 Å². The van der Waals surface area contributed by atoms with Gasteiger partial charge in [0.25, 0.3) is 0 Å². The largest absolute Gasteiger partial charge is 0.401 e. The first-order chi connectivity index (χ1) is 3.66. The average Bonchev–Trinajstić information content (AvgIpc) is 1.65. The lowest BCUT2D eigenvalue weighted by Crippen LogP contribution is -2.05. The molecule has 0 aliphatic rings. The van der Waals surface area contributed by atoms with Gasteiger partial charge < -0.3 is 5.32 Å². The highest BCUT2D eigenvalue weighted by atomic mass is 14.8. The van der Waals surface area contributed by atoms with Crippen molar-refractivity contribution in [3.63, 3.8) is 0 Å². The molecule has 0 saturated carbocycles. The van der Waals surface area contributed by atoms with Gasteiger partial charge in [0.2, 0.25) is 0 Å². The molecule has 8 heavy (non-hydrogen) atoms. The summed E-state index contributed by atoms with van der Waals surface area (Å²) in [6.45, 7) is 4.18. The molecule has 0 unspecified atom stereocenters. The summed E-state index contributed by atoms with van der Waals surface area (Å²) in [6, 6.07) is 0. The molecule has 0 aromatic heterocycles. The van der Waals surface area contributed by atoms with Crippen molar-refractivity contribution in [3.8, 4) is 0 Å². The second kappa shape index (κ2) is 3.59. The van der Waals surface area contributed by atoms with Crippen LogP contribution in [0.2, 0.25) is 0 Å². The third kappa shape index (κ3) is 3.78. The van der Waals surface area contributed by atoms with Crippen molar-refractivity contribution in [2.75, 3.05) is 7.05 Å². The van der Waals surface area contributed by atoms with Crippen LogP contribution in [0.4, 0.5) is 0 Å². The lowest BCUT2D eigenvalue weighted by atomic mass is 10.0. The fraction of sp³-hybridized carbons (Fsp3) is 0.667. The Labute approximate surface area is 52.6 Å². The molecule has 0 saturated heterocycles. The predicted molar refractivity (Wildman–Crippen MR) is 37.7 cm³/mol. The van der Waals surface area contributed by atoms with Crippen LogP contribution in [0.5, 0.6) is 0 Å². The van der Waals surface area contributed by atoms with Crippen LogP contribution in [-0.2, 0) is 0 Å². The van der Waals surface area contributed by atoms with Crippen molar-refractivity contribution in [1.29, 1.82) is 0 Å². The van der Waals surface area contributed by atoms with E-state index in [0.717, 1.165) is 5.60 Å². The third-order valence-corrected chi connectivity index (χ3v) is 0.802. The maximum Gasteiger partial charge on any atom is 0.137 e. The Morgan fingerprint density at radius 1 is 1.62 bits per heavy atom. The fourth-order valence-electron chi connectivity index (χ4n) is 0.442. The fourth-order valence-corrected chi connectivity index (χ4v) is 0.442. The van der Waals surface area contributed by atoms with E-state index in [2.05, 4.69) is 19.2 Å². The van der Waals surface area contributed by atoms with Crippen molar-refractivity contribution in [1.82, 2.24) is 5.32 Å².